The fraction of sp³-hybridized carbons (Fsp3) is 0. The Morgan fingerprint density at radius 2 is 0.769 bits per heavy atom. The van der Waals surface area contributed by atoms with E-state index in [4.69, 9.17) is 25.7 Å². The minimum atomic E-state index is 0.597. The van der Waals surface area contributed by atoms with E-state index in [1.165, 1.54) is 0 Å². The number of nitrogens with two attached hydrogens (primary N) is 1. The number of anilines is 1. The number of nitrogens with zero attached hydrogens (tertiary/aromatic N) is 4. The maximum Gasteiger partial charge on any atom is 0.164 e. The third kappa shape index (κ3) is 5.91. The molecule has 9 rings (SSSR count). The van der Waals surface area contributed by atoms with Crippen LogP contribution in [0.2, 0.25) is 0 Å². The van der Waals surface area contributed by atoms with Gasteiger partial charge in [0.15, 0.2) is 17.5 Å². The molecule has 0 radical (unpaired) electrons. The smallest absolute Gasteiger partial charge is 0.164 e. The number of fused-ring (bicyclic) bond motifs is 1. The topological polar surface area (TPSA) is 77.6 Å². The third-order valence-corrected chi connectivity index (χ3v) is 10.3. The van der Waals surface area contributed by atoms with Crippen molar-refractivity contribution in [1.29, 1.82) is 0 Å². The van der Waals surface area contributed by atoms with Crippen molar-refractivity contribution in [2.75, 3.05) is 5.73 Å². The van der Waals surface area contributed by atoms with Crippen molar-refractivity contribution in [3.63, 3.8) is 0 Å². The minimum Gasteiger partial charge on any atom is -0.399 e. The maximum absolute atomic E-state index is 6.05. The Kier molecular flexibility index (Phi) is 8.12. The van der Waals surface area contributed by atoms with Crippen molar-refractivity contribution in [3.05, 3.63) is 176 Å². The fourth-order valence-corrected chi connectivity index (χ4v) is 7.69. The van der Waals surface area contributed by atoms with Gasteiger partial charge in [-0.3, -0.25) is 0 Å². The Morgan fingerprint density at radius 1 is 0.327 bits per heavy atom. The standard InChI is InChI=1S/C46H31N5S/c47-32-28-26-30(27-29-32)33-16-4-5-17-34(33)35-18-6-9-21-38(35)44-49-43(31-14-2-1-3-15-31)50-45(51-44)39-22-10-7-19-36(39)37-20-8-11-23-40(37)46-48-41-24-12-13-25-42(41)52-46/h1-29H,47H2. The molecule has 0 spiro atoms. The third-order valence-electron chi connectivity index (χ3n) is 9.18. The second-order valence-corrected chi connectivity index (χ2v) is 13.5. The van der Waals surface area contributed by atoms with Crippen LogP contribution in [-0.4, -0.2) is 19.9 Å². The number of benzene rings is 7. The van der Waals surface area contributed by atoms with Gasteiger partial charge in [-0.1, -0.05) is 152 Å². The van der Waals surface area contributed by atoms with Crippen LogP contribution in [0.3, 0.4) is 0 Å². The SMILES string of the molecule is Nc1ccc(-c2ccccc2-c2ccccc2-c2nc(-c3ccccc3)nc(-c3ccccc3-c3ccccc3-c3nc4ccccc4s3)n2)cc1. The molecule has 246 valence electrons. The van der Waals surface area contributed by atoms with E-state index in [1.54, 1.807) is 11.3 Å². The molecule has 52 heavy (non-hydrogen) atoms. The molecule has 2 aromatic heterocycles. The van der Waals surface area contributed by atoms with Crippen molar-refractivity contribution in [1.82, 2.24) is 19.9 Å². The van der Waals surface area contributed by atoms with E-state index in [0.29, 0.717) is 17.5 Å². The Balaban J connectivity index is 1.24. The van der Waals surface area contributed by atoms with Crippen LogP contribution >= 0.6 is 11.3 Å². The molecule has 0 aliphatic rings. The van der Waals surface area contributed by atoms with E-state index in [0.717, 1.165) is 76.5 Å². The predicted molar refractivity (Wildman–Crippen MR) is 215 cm³/mol. The summed E-state index contributed by atoms with van der Waals surface area (Å²) in [5, 5.41) is 0.974. The molecule has 2 heterocycles. The summed E-state index contributed by atoms with van der Waals surface area (Å²) in [4.78, 5) is 20.6. The number of hydrogen-bond acceptors (Lipinski definition) is 6. The van der Waals surface area contributed by atoms with Crippen molar-refractivity contribution in [3.8, 4) is 78.1 Å². The summed E-state index contributed by atoms with van der Waals surface area (Å²) in [7, 11) is 0. The Morgan fingerprint density at radius 3 is 1.37 bits per heavy atom. The molecule has 0 unspecified atom stereocenters. The zero-order chi connectivity index (χ0) is 34.9. The number of thiazole rings is 1. The number of nitrogen functional groups attached to an aromatic ring is 1. The van der Waals surface area contributed by atoms with E-state index in [2.05, 4.69) is 115 Å². The fourth-order valence-electron chi connectivity index (χ4n) is 6.68. The summed E-state index contributed by atoms with van der Waals surface area (Å²) in [5.41, 5.74) is 18.0. The number of aromatic nitrogens is 4. The van der Waals surface area contributed by atoms with E-state index >= 15 is 0 Å². The summed E-state index contributed by atoms with van der Waals surface area (Å²) < 4.78 is 1.16. The van der Waals surface area contributed by atoms with E-state index in [-0.39, 0.29) is 0 Å². The van der Waals surface area contributed by atoms with Gasteiger partial charge in [0.25, 0.3) is 0 Å². The van der Waals surface area contributed by atoms with Gasteiger partial charge in [-0.2, -0.15) is 0 Å². The molecule has 7 aromatic carbocycles. The first-order chi connectivity index (χ1) is 25.7. The van der Waals surface area contributed by atoms with Gasteiger partial charge in [-0.25, -0.2) is 19.9 Å². The van der Waals surface area contributed by atoms with Crippen LogP contribution in [0, 0.1) is 0 Å². The van der Waals surface area contributed by atoms with Crippen LogP contribution in [0.5, 0.6) is 0 Å². The average molecular weight is 686 g/mol. The minimum absolute atomic E-state index is 0.597. The van der Waals surface area contributed by atoms with Crippen LogP contribution in [0.4, 0.5) is 5.69 Å². The van der Waals surface area contributed by atoms with Gasteiger partial charge in [0.2, 0.25) is 0 Å². The van der Waals surface area contributed by atoms with E-state index < -0.39 is 0 Å². The summed E-state index contributed by atoms with van der Waals surface area (Å²) in [5.74, 6) is 1.80. The highest BCUT2D eigenvalue weighted by Gasteiger charge is 2.20. The monoisotopic (exact) mass is 685 g/mol. The second-order valence-electron chi connectivity index (χ2n) is 12.5. The zero-order valence-electron chi connectivity index (χ0n) is 28.0. The first-order valence-corrected chi connectivity index (χ1v) is 17.9. The molecular formula is C46H31N5S. The van der Waals surface area contributed by atoms with E-state index in [1.807, 2.05) is 60.7 Å². The number of hydrogen-bond donors (Lipinski definition) is 1. The molecule has 0 saturated carbocycles. The average Bonchev–Trinajstić information content (AvgIpc) is 3.66. The van der Waals surface area contributed by atoms with Gasteiger partial charge in [0, 0.05) is 27.9 Å². The first-order valence-electron chi connectivity index (χ1n) is 17.1. The van der Waals surface area contributed by atoms with Crippen LogP contribution in [0.25, 0.3) is 88.3 Å². The van der Waals surface area contributed by atoms with Crippen molar-refractivity contribution in [2.45, 2.75) is 0 Å². The van der Waals surface area contributed by atoms with Gasteiger partial charge in [-0.15, -0.1) is 11.3 Å². The summed E-state index contributed by atoms with van der Waals surface area (Å²) in [6.45, 7) is 0. The van der Waals surface area contributed by atoms with Gasteiger partial charge in [0.05, 0.1) is 10.2 Å². The Bertz CT molecular complexity index is 2670. The van der Waals surface area contributed by atoms with E-state index in [9.17, 15) is 0 Å². The largest absolute Gasteiger partial charge is 0.399 e. The molecule has 2 N–H and O–H groups in total. The van der Waals surface area contributed by atoms with Crippen molar-refractivity contribution >= 4 is 27.2 Å². The molecule has 6 heteroatoms. The summed E-state index contributed by atoms with van der Waals surface area (Å²) in [6, 6.07) is 60.0. The lowest BCUT2D eigenvalue weighted by molar-refractivity contribution is 1.07. The highest BCUT2D eigenvalue weighted by Crippen LogP contribution is 2.42. The van der Waals surface area contributed by atoms with Crippen LogP contribution in [0.1, 0.15) is 0 Å². The normalized spacial score (nSPS) is 11.2. The molecule has 0 aliphatic heterocycles. The molecule has 0 bridgehead atoms. The van der Waals surface area contributed by atoms with Gasteiger partial charge >= 0.3 is 0 Å². The van der Waals surface area contributed by atoms with Crippen LogP contribution in [-0.2, 0) is 0 Å². The molecule has 9 aromatic rings. The number of rotatable bonds is 7. The van der Waals surface area contributed by atoms with Crippen molar-refractivity contribution < 1.29 is 0 Å². The quantitative estimate of drug-likeness (QED) is 0.169. The van der Waals surface area contributed by atoms with Crippen LogP contribution in [0.15, 0.2) is 176 Å². The summed E-state index contributed by atoms with van der Waals surface area (Å²) in [6.07, 6.45) is 0. The van der Waals surface area contributed by atoms with Gasteiger partial charge in [0.1, 0.15) is 5.01 Å². The second kappa shape index (κ2) is 13.5. The van der Waals surface area contributed by atoms with Gasteiger partial charge in [-0.05, 0) is 57.6 Å². The van der Waals surface area contributed by atoms with Crippen molar-refractivity contribution in [2.24, 2.45) is 0 Å². The van der Waals surface area contributed by atoms with Crippen LogP contribution < -0.4 is 5.73 Å². The lowest BCUT2D eigenvalue weighted by Crippen LogP contribution is -2.02. The molecular weight excluding hydrogens is 655 g/mol. The maximum atomic E-state index is 6.05. The number of para-hydroxylation sites is 1. The molecule has 0 aliphatic carbocycles. The van der Waals surface area contributed by atoms with Gasteiger partial charge < -0.3 is 5.73 Å². The zero-order valence-corrected chi connectivity index (χ0v) is 28.8. The highest BCUT2D eigenvalue weighted by atomic mass is 32.1. The lowest BCUT2D eigenvalue weighted by atomic mass is 9.91. The molecule has 5 nitrogen and oxygen atoms in total. The summed E-state index contributed by atoms with van der Waals surface area (Å²) >= 11 is 1.70. The first kappa shape index (κ1) is 31.2. The molecule has 0 amide bonds. The molecule has 0 saturated heterocycles. The molecule has 0 atom stereocenters. The highest BCUT2D eigenvalue weighted by molar-refractivity contribution is 7.21. The Labute approximate surface area is 305 Å². The predicted octanol–water partition coefficient (Wildman–Crippen LogP) is 11.7. The lowest BCUT2D eigenvalue weighted by Gasteiger charge is -2.16. The molecule has 0 fully saturated rings. The Hall–Kier alpha value is -6.76.